The van der Waals surface area contributed by atoms with E-state index < -0.39 is 17.6 Å². The van der Waals surface area contributed by atoms with Crippen LogP contribution >= 0.6 is 11.6 Å². The van der Waals surface area contributed by atoms with Gasteiger partial charge in [-0.1, -0.05) is 32.4 Å². The Hall–Kier alpha value is -3.25. The minimum absolute atomic E-state index is 0.0149. The summed E-state index contributed by atoms with van der Waals surface area (Å²) in [6.45, 7) is 11.2. The number of alkyl halides is 3. The number of amides is 1. The van der Waals surface area contributed by atoms with Crippen molar-refractivity contribution in [2.45, 2.75) is 65.2 Å². The molecule has 1 atom stereocenters. The van der Waals surface area contributed by atoms with Crippen molar-refractivity contribution in [3.63, 3.8) is 0 Å². The number of aromatic nitrogens is 4. The largest absolute Gasteiger partial charge is 0.418 e. The van der Waals surface area contributed by atoms with Gasteiger partial charge in [-0.25, -0.2) is 9.97 Å². The zero-order chi connectivity index (χ0) is 29.0. The van der Waals surface area contributed by atoms with E-state index in [2.05, 4.69) is 20.1 Å². The molecule has 9 nitrogen and oxygen atoms in total. The lowest BCUT2D eigenvalue weighted by Gasteiger charge is -2.39. The zero-order valence-electron chi connectivity index (χ0n) is 23.0. The fourth-order valence-electron chi connectivity index (χ4n) is 5.24. The molecule has 1 fully saturated rings. The Kier molecular flexibility index (Phi) is 7.28. The quantitative estimate of drug-likeness (QED) is 0.425. The van der Waals surface area contributed by atoms with E-state index in [9.17, 15) is 18.0 Å². The summed E-state index contributed by atoms with van der Waals surface area (Å²) < 4.78 is 49.3. The molecule has 0 spiro atoms. The van der Waals surface area contributed by atoms with E-state index in [1.807, 2.05) is 37.5 Å². The number of carbonyl (C=O) groups excluding carboxylic acids is 1. The molecule has 0 saturated carbocycles. The standard InChI is InChI=1S/C27H31ClF3N7O2/c1-15-13-36(8-9-37(15)25-34-24(40-35-25)26(3,4)5)14-17-10-18(28)11-21(22(17)27(29,30)31)38-7-6-20-19(23(38)39)12-32-16(2)33-20/h10-12,15H,6-9,13-14H2,1-5H3. The number of piperazine rings is 1. The molecule has 0 radical (unpaired) electrons. The van der Waals surface area contributed by atoms with Crippen molar-refractivity contribution in [2.24, 2.45) is 0 Å². The molecule has 13 heteroatoms. The van der Waals surface area contributed by atoms with Crippen molar-refractivity contribution in [1.82, 2.24) is 25.0 Å². The molecule has 214 valence electrons. The molecule has 1 saturated heterocycles. The molecule has 2 aliphatic rings. The van der Waals surface area contributed by atoms with Crippen molar-refractivity contribution < 1.29 is 22.5 Å². The smallest absolute Gasteiger partial charge is 0.337 e. The first-order valence-corrected chi connectivity index (χ1v) is 13.5. The third kappa shape index (κ3) is 5.51. The van der Waals surface area contributed by atoms with E-state index in [1.54, 1.807) is 6.92 Å². The molecular weight excluding hydrogens is 547 g/mol. The lowest BCUT2D eigenvalue weighted by atomic mass is 9.97. The molecule has 0 N–H and O–H groups in total. The number of nitrogens with zero attached hydrogens (tertiary/aromatic N) is 7. The Morgan fingerprint density at radius 3 is 2.52 bits per heavy atom. The highest BCUT2D eigenvalue weighted by molar-refractivity contribution is 6.31. The summed E-state index contributed by atoms with van der Waals surface area (Å²) in [5, 5.41) is 4.25. The molecule has 2 aliphatic heterocycles. The van der Waals surface area contributed by atoms with Crippen LogP contribution in [0, 0.1) is 6.92 Å². The number of halogens is 4. The molecule has 1 amide bonds. The maximum absolute atomic E-state index is 14.6. The van der Waals surface area contributed by atoms with Crippen LogP contribution in [0.25, 0.3) is 0 Å². The Bertz CT molecular complexity index is 1440. The van der Waals surface area contributed by atoms with Gasteiger partial charge in [-0.15, -0.1) is 0 Å². The van der Waals surface area contributed by atoms with E-state index in [0.29, 0.717) is 49.4 Å². The summed E-state index contributed by atoms with van der Waals surface area (Å²) in [4.78, 5) is 31.3. The van der Waals surface area contributed by atoms with Gasteiger partial charge in [-0.05, 0) is 36.7 Å². The monoisotopic (exact) mass is 577 g/mol. The Balaban J connectivity index is 1.41. The molecule has 2 aromatic heterocycles. The topological polar surface area (TPSA) is 91.5 Å². The van der Waals surface area contributed by atoms with Crippen molar-refractivity contribution in [2.75, 3.05) is 36.0 Å². The van der Waals surface area contributed by atoms with Crippen LogP contribution in [0.15, 0.2) is 22.9 Å². The second-order valence-electron chi connectivity index (χ2n) is 11.4. The van der Waals surface area contributed by atoms with Crippen LogP contribution in [-0.2, 0) is 24.6 Å². The van der Waals surface area contributed by atoms with Crippen LogP contribution in [0.1, 0.15) is 66.6 Å². The molecule has 0 aliphatic carbocycles. The number of aryl methyl sites for hydroxylation is 1. The molecule has 0 bridgehead atoms. The maximum Gasteiger partial charge on any atom is 0.418 e. The minimum Gasteiger partial charge on any atom is -0.337 e. The number of benzene rings is 1. The molecule has 3 aromatic rings. The van der Waals surface area contributed by atoms with Crippen LogP contribution in [0.4, 0.5) is 24.8 Å². The predicted octanol–water partition coefficient (Wildman–Crippen LogP) is 5.05. The van der Waals surface area contributed by atoms with Gasteiger partial charge in [-0.3, -0.25) is 9.69 Å². The maximum atomic E-state index is 14.6. The van der Waals surface area contributed by atoms with Gasteiger partial charge in [0.1, 0.15) is 5.82 Å². The van der Waals surface area contributed by atoms with Gasteiger partial charge < -0.3 is 14.3 Å². The van der Waals surface area contributed by atoms with Crippen molar-refractivity contribution in [1.29, 1.82) is 0 Å². The first-order chi connectivity index (χ1) is 18.7. The highest BCUT2D eigenvalue weighted by atomic mass is 35.5. The number of hydrogen-bond acceptors (Lipinski definition) is 8. The van der Waals surface area contributed by atoms with Crippen LogP contribution in [0.2, 0.25) is 5.02 Å². The van der Waals surface area contributed by atoms with Gasteiger partial charge in [0.05, 0.1) is 22.5 Å². The fourth-order valence-corrected chi connectivity index (χ4v) is 5.48. The number of anilines is 2. The highest BCUT2D eigenvalue weighted by Crippen LogP contribution is 2.42. The predicted molar refractivity (Wildman–Crippen MR) is 144 cm³/mol. The second-order valence-corrected chi connectivity index (χ2v) is 11.8. The third-order valence-corrected chi connectivity index (χ3v) is 7.41. The van der Waals surface area contributed by atoms with Gasteiger partial charge in [0.15, 0.2) is 0 Å². The molecule has 40 heavy (non-hydrogen) atoms. The van der Waals surface area contributed by atoms with Gasteiger partial charge in [0.2, 0.25) is 5.89 Å². The van der Waals surface area contributed by atoms with Gasteiger partial charge in [0, 0.05) is 61.8 Å². The first-order valence-electron chi connectivity index (χ1n) is 13.1. The SMILES string of the molecule is Cc1ncc2c(n1)CCN(c1cc(Cl)cc(CN3CCN(c4noc(C(C)(C)C)n4)C(C)C3)c1C(F)(F)F)C2=O. The highest BCUT2D eigenvalue weighted by Gasteiger charge is 2.41. The summed E-state index contributed by atoms with van der Waals surface area (Å²) >= 11 is 6.36. The van der Waals surface area contributed by atoms with E-state index in [0.717, 1.165) is 4.90 Å². The Labute approximate surface area is 235 Å². The fraction of sp³-hybridized carbons (Fsp3) is 0.519. The first kappa shape index (κ1) is 28.3. The normalized spacial score (nSPS) is 18.8. The molecule has 1 unspecified atom stereocenters. The van der Waals surface area contributed by atoms with Crippen LogP contribution < -0.4 is 9.80 Å². The minimum atomic E-state index is -4.71. The molecule has 1 aromatic carbocycles. The molecule has 4 heterocycles. The third-order valence-electron chi connectivity index (χ3n) is 7.19. The van der Waals surface area contributed by atoms with Gasteiger partial charge in [-0.2, -0.15) is 18.2 Å². The van der Waals surface area contributed by atoms with Crippen molar-refractivity contribution in [3.8, 4) is 0 Å². The summed E-state index contributed by atoms with van der Waals surface area (Å²) in [6.07, 6.45) is -3.02. The summed E-state index contributed by atoms with van der Waals surface area (Å²) in [7, 11) is 0. The summed E-state index contributed by atoms with van der Waals surface area (Å²) in [6, 6.07) is 2.49. The van der Waals surface area contributed by atoms with Gasteiger partial charge >= 0.3 is 6.18 Å². The summed E-state index contributed by atoms with van der Waals surface area (Å²) in [5.74, 6) is 0.928. The Morgan fingerprint density at radius 2 is 1.88 bits per heavy atom. The van der Waals surface area contributed by atoms with E-state index in [4.69, 9.17) is 16.1 Å². The lowest BCUT2D eigenvalue weighted by molar-refractivity contribution is -0.137. The lowest BCUT2D eigenvalue weighted by Crippen LogP contribution is -2.52. The van der Waals surface area contributed by atoms with E-state index in [1.165, 1.54) is 18.3 Å². The van der Waals surface area contributed by atoms with Crippen molar-refractivity contribution in [3.05, 3.63) is 57.5 Å². The number of hydrogen-bond donors (Lipinski definition) is 0. The summed E-state index contributed by atoms with van der Waals surface area (Å²) in [5.41, 5.74) is -0.647. The zero-order valence-corrected chi connectivity index (χ0v) is 23.8. The van der Waals surface area contributed by atoms with Crippen LogP contribution in [0.5, 0.6) is 0 Å². The number of rotatable bonds is 4. The average Bonchev–Trinajstić information content (AvgIpc) is 3.34. The Morgan fingerprint density at radius 1 is 1.12 bits per heavy atom. The number of carbonyl (C=O) groups is 1. The number of fused-ring (bicyclic) bond motifs is 1. The molecule has 5 rings (SSSR count). The molecular formula is C27H31ClF3N7O2. The van der Waals surface area contributed by atoms with E-state index in [-0.39, 0.29) is 46.4 Å². The average molecular weight is 578 g/mol. The van der Waals surface area contributed by atoms with Crippen LogP contribution in [-0.4, -0.2) is 63.1 Å². The van der Waals surface area contributed by atoms with Gasteiger partial charge in [0.25, 0.3) is 11.9 Å². The van der Waals surface area contributed by atoms with E-state index >= 15 is 0 Å². The van der Waals surface area contributed by atoms with Crippen LogP contribution in [0.3, 0.4) is 0 Å². The second kappa shape index (κ2) is 10.3. The van der Waals surface area contributed by atoms with Crippen molar-refractivity contribution >= 4 is 29.1 Å².